The minimum Gasteiger partial charge on any atom is -0.270 e. The zero-order chi connectivity index (χ0) is 9.14. The first-order chi connectivity index (χ1) is 5.66. The molecule has 12 heavy (non-hydrogen) atoms. The van der Waals surface area contributed by atoms with Crippen LogP contribution in [-0.2, 0) is 0 Å². The standard InChI is InChI=1S/C9H20N3/c1-5-12-8-6-7-11(4)9(12)10(2)3/h5-8H2,1-4H3/q+1. The van der Waals surface area contributed by atoms with Crippen LogP contribution in [0.2, 0.25) is 0 Å². The van der Waals surface area contributed by atoms with Crippen LogP contribution in [0.5, 0.6) is 0 Å². The second-order valence-corrected chi connectivity index (χ2v) is 3.55. The maximum Gasteiger partial charge on any atom is 0.349 e. The van der Waals surface area contributed by atoms with Crippen molar-refractivity contribution in [2.24, 2.45) is 0 Å². The summed E-state index contributed by atoms with van der Waals surface area (Å²) in [5.41, 5.74) is 0. The maximum atomic E-state index is 2.42. The molecule has 0 atom stereocenters. The molecule has 1 rings (SSSR count). The molecule has 0 bridgehead atoms. The molecule has 0 radical (unpaired) electrons. The molecule has 0 aromatic heterocycles. The molecule has 0 saturated heterocycles. The number of hydrogen-bond acceptors (Lipinski definition) is 2. The number of rotatable bonds is 1. The molecule has 1 aliphatic rings. The van der Waals surface area contributed by atoms with Gasteiger partial charge < -0.3 is 0 Å². The Morgan fingerprint density at radius 1 is 1.50 bits per heavy atom. The topological polar surface area (TPSA) is 9.49 Å². The van der Waals surface area contributed by atoms with Crippen LogP contribution in [-0.4, -0.2) is 61.1 Å². The summed E-state index contributed by atoms with van der Waals surface area (Å²) in [4.78, 5) is 4.62. The van der Waals surface area contributed by atoms with Crippen molar-refractivity contribution in [3.8, 4) is 0 Å². The van der Waals surface area contributed by atoms with Crippen molar-refractivity contribution in [3.63, 3.8) is 0 Å². The fourth-order valence-corrected chi connectivity index (χ4v) is 1.86. The van der Waals surface area contributed by atoms with Crippen molar-refractivity contribution < 1.29 is 4.58 Å². The Kier molecular flexibility index (Phi) is 2.95. The van der Waals surface area contributed by atoms with Crippen LogP contribution in [0.4, 0.5) is 0 Å². The molecule has 3 nitrogen and oxygen atoms in total. The largest absolute Gasteiger partial charge is 0.349 e. The first-order valence-corrected chi connectivity index (χ1v) is 4.67. The van der Waals surface area contributed by atoms with Crippen LogP contribution in [0.1, 0.15) is 13.3 Å². The predicted molar refractivity (Wildman–Crippen MR) is 51.6 cm³/mol. The third-order valence-electron chi connectivity index (χ3n) is 2.33. The normalized spacial score (nSPS) is 18.5. The monoisotopic (exact) mass is 170 g/mol. The number of hydrogen-bond donors (Lipinski definition) is 0. The highest BCUT2D eigenvalue weighted by Gasteiger charge is 2.24. The van der Waals surface area contributed by atoms with Gasteiger partial charge in [-0.2, -0.15) is 0 Å². The lowest BCUT2D eigenvalue weighted by atomic mass is 10.3. The molecule has 0 aromatic carbocycles. The molecule has 0 saturated carbocycles. The quantitative estimate of drug-likeness (QED) is 0.523. The van der Waals surface area contributed by atoms with Crippen LogP contribution in [0.3, 0.4) is 0 Å². The first-order valence-electron chi connectivity index (χ1n) is 4.67. The smallest absolute Gasteiger partial charge is 0.270 e. The van der Waals surface area contributed by atoms with Gasteiger partial charge in [0.1, 0.15) is 0 Å². The second kappa shape index (κ2) is 3.78. The van der Waals surface area contributed by atoms with E-state index in [1.165, 1.54) is 25.5 Å². The van der Waals surface area contributed by atoms with E-state index in [2.05, 4.69) is 42.4 Å². The molecule has 0 amide bonds. The molecule has 1 heterocycles. The van der Waals surface area contributed by atoms with E-state index in [4.69, 9.17) is 0 Å². The first kappa shape index (κ1) is 9.36. The van der Waals surface area contributed by atoms with Crippen LogP contribution in [0, 0.1) is 0 Å². The molecule has 1 aliphatic heterocycles. The average Bonchev–Trinajstić information content (AvgIpc) is 2.03. The minimum atomic E-state index is 1.11. The summed E-state index contributed by atoms with van der Waals surface area (Å²) in [6.07, 6.45) is 1.28. The van der Waals surface area contributed by atoms with Crippen molar-refractivity contribution in [1.82, 2.24) is 9.80 Å². The highest BCUT2D eigenvalue weighted by molar-refractivity contribution is 5.74. The highest BCUT2D eigenvalue weighted by atomic mass is 15.4. The van der Waals surface area contributed by atoms with Gasteiger partial charge in [-0.3, -0.25) is 14.4 Å². The molecule has 70 valence electrons. The van der Waals surface area contributed by atoms with Crippen molar-refractivity contribution in [2.75, 3.05) is 40.8 Å². The lowest BCUT2D eigenvalue weighted by molar-refractivity contribution is -0.514. The fourth-order valence-electron chi connectivity index (χ4n) is 1.86. The minimum absolute atomic E-state index is 1.11. The maximum absolute atomic E-state index is 2.42. The molecular weight excluding hydrogens is 150 g/mol. The van der Waals surface area contributed by atoms with Crippen molar-refractivity contribution in [1.29, 1.82) is 0 Å². The summed E-state index contributed by atoms with van der Waals surface area (Å²) >= 11 is 0. The van der Waals surface area contributed by atoms with Crippen molar-refractivity contribution >= 4 is 5.96 Å². The zero-order valence-corrected chi connectivity index (χ0v) is 8.67. The molecule has 0 unspecified atom stereocenters. The Morgan fingerprint density at radius 2 is 2.17 bits per heavy atom. The van der Waals surface area contributed by atoms with Gasteiger partial charge in [0.05, 0.1) is 40.8 Å². The van der Waals surface area contributed by atoms with E-state index in [9.17, 15) is 0 Å². The summed E-state index contributed by atoms with van der Waals surface area (Å²) in [5, 5.41) is 0. The van der Waals surface area contributed by atoms with E-state index in [0.29, 0.717) is 0 Å². The van der Waals surface area contributed by atoms with Gasteiger partial charge in [-0.1, -0.05) is 0 Å². The Hall–Kier alpha value is -0.730. The van der Waals surface area contributed by atoms with Gasteiger partial charge >= 0.3 is 5.96 Å². The second-order valence-electron chi connectivity index (χ2n) is 3.55. The molecule has 3 heteroatoms. The molecule has 0 N–H and O–H groups in total. The summed E-state index contributed by atoms with van der Waals surface area (Å²) in [6.45, 7) is 5.71. The summed E-state index contributed by atoms with van der Waals surface area (Å²) in [6, 6.07) is 0. The van der Waals surface area contributed by atoms with E-state index in [1.54, 1.807) is 0 Å². The van der Waals surface area contributed by atoms with Gasteiger partial charge in [0.15, 0.2) is 0 Å². The van der Waals surface area contributed by atoms with Gasteiger partial charge in [0.2, 0.25) is 0 Å². The van der Waals surface area contributed by atoms with E-state index in [-0.39, 0.29) is 0 Å². The van der Waals surface area contributed by atoms with Gasteiger partial charge in [0.25, 0.3) is 0 Å². The average molecular weight is 170 g/mol. The number of nitrogens with zero attached hydrogens (tertiary/aromatic N) is 3. The van der Waals surface area contributed by atoms with Gasteiger partial charge in [0, 0.05) is 6.42 Å². The van der Waals surface area contributed by atoms with Crippen LogP contribution >= 0.6 is 0 Å². The highest BCUT2D eigenvalue weighted by Crippen LogP contribution is 2.02. The molecule has 0 spiro atoms. The lowest BCUT2D eigenvalue weighted by Gasteiger charge is -2.28. The van der Waals surface area contributed by atoms with Crippen LogP contribution in [0.15, 0.2) is 0 Å². The Bertz CT molecular complexity index is 184. The van der Waals surface area contributed by atoms with E-state index >= 15 is 0 Å². The molecule has 0 fully saturated rings. The molecular formula is C9H20N3+. The number of guanidine groups is 1. The molecule has 0 aromatic rings. The molecule has 0 aliphatic carbocycles. The SMILES string of the molecule is CCN1CCC[N+](C)=C1N(C)C. The van der Waals surface area contributed by atoms with Gasteiger partial charge in [-0.15, -0.1) is 0 Å². The Labute approximate surface area is 75.3 Å². The van der Waals surface area contributed by atoms with Crippen molar-refractivity contribution in [2.45, 2.75) is 13.3 Å². The third kappa shape index (κ3) is 1.71. The van der Waals surface area contributed by atoms with Crippen LogP contribution in [0.25, 0.3) is 0 Å². The van der Waals surface area contributed by atoms with Crippen molar-refractivity contribution in [3.05, 3.63) is 0 Å². The lowest BCUT2D eigenvalue weighted by Crippen LogP contribution is -2.50. The van der Waals surface area contributed by atoms with E-state index in [0.717, 1.165) is 6.54 Å². The Balaban J connectivity index is 2.83. The summed E-state index contributed by atoms with van der Waals surface area (Å²) in [7, 11) is 6.39. The fraction of sp³-hybridized carbons (Fsp3) is 0.889. The third-order valence-corrected chi connectivity index (χ3v) is 2.33. The van der Waals surface area contributed by atoms with Gasteiger partial charge in [-0.05, 0) is 6.92 Å². The van der Waals surface area contributed by atoms with Gasteiger partial charge in [-0.25, -0.2) is 0 Å². The summed E-state index contributed by atoms with van der Waals surface area (Å²) in [5.74, 6) is 1.35. The Morgan fingerprint density at radius 3 is 2.58 bits per heavy atom. The van der Waals surface area contributed by atoms with Crippen LogP contribution < -0.4 is 0 Å². The van der Waals surface area contributed by atoms with E-state index in [1.807, 2.05) is 0 Å². The zero-order valence-electron chi connectivity index (χ0n) is 8.67. The summed E-state index contributed by atoms with van der Waals surface area (Å²) < 4.78 is 2.33. The van der Waals surface area contributed by atoms with E-state index < -0.39 is 0 Å². The predicted octanol–water partition coefficient (Wildman–Crippen LogP) is 0.272.